The molecule has 0 aliphatic carbocycles. The summed E-state index contributed by atoms with van der Waals surface area (Å²) in [5.41, 5.74) is -0.551. The summed E-state index contributed by atoms with van der Waals surface area (Å²) in [7, 11) is -3.83. The van der Waals surface area contributed by atoms with Crippen molar-refractivity contribution in [3.63, 3.8) is 0 Å². The number of para-hydroxylation sites is 1. The van der Waals surface area contributed by atoms with Crippen LogP contribution in [0.3, 0.4) is 0 Å². The number of fused-ring (bicyclic) bond motifs is 3. The Morgan fingerprint density at radius 1 is 1.42 bits per heavy atom. The highest BCUT2D eigenvalue weighted by molar-refractivity contribution is 7.89. The van der Waals surface area contributed by atoms with Gasteiger partial charge in [0, 0.05) is 31.7 Å². The largest absolute Gasteiger partial charge is 0.492 e. The minimum atomic E-state index is -3.83. The number of ether oxygens (including phenoxy) is 1. The zero-order chi connectivity index (χ0) is 18.5. The molecular weight excluding hydrogens is 358 g/mol. The number of hydrogen-bond acceptors (Lipinski definition) is 5. The lowest BCUT2D eigenvalue weighted by Gasteiger charge is -2.35. The van der Waals surface area contributed by atoms with Gasteiger partial charge < -0.3 is 9.84 Å². The Morgan fingerprint density at radius 2 is 2.19 bits per heavy atom. The van der Waals surface area contributed by atoms with Crippen molar-refractivity contribution in [2.45, 2.75) is 24.3 Å². The topological polar surface area (TPSA) is 102 Å². The van der Waals surface area contributed by atoms with E-state index in [1.54, 1.807) is 6.07 Å². The summed E-state index contributed by atoms with van der Waals surface area (Å²) < 4.78 is 34.5. The van der Waals surface area contributed by atoms with E-state index in [2.05, 4.69) is 5.10 Å². The molecule has 9 heteroatoms. The predicted molar refractivity (Wildman–Crippen MR) is 91.4 cm³/mol. The quantitative estimate of drug-likeness (QED) is 0.858. The standard InChI is InChI=1S/C17H19N3O5S/c1-2-19-8-12(7-18-19)26(23,24)20-9-14-13-5-3-4-6-15(13)25-11-17(14,10-20)16(21)22/h3-8,14H,2,9-11H2,1H3,(H,21,22)/t14-,17-/m1/s1. The van der Waals surface area contributed by atoms with Gasteiger partial charge in [-0.05, 0) is 18.6 Å². The molecule has 0 amide bonds. The number of carbonyl (C=O) groups is 1. The van der Waals surface area contributed by atoms with Gasteiger partial charge in [0.05, 0.1) is 6.20 Å². The maximum absolute atomic E-state index is 13.0. The van der Waals surface area contributed by atoms with Crippen molar-refractivity contribution in [2.75, 3.05) is 19.7 Å². The van der Waals surface area contributed by atoms with Crippen molar-refractivity contribution in [3.05, 3.63) is 42.2 Å². The number of aliphatic carboxylic acids is 1. The zero-order valence-corrected chi connectivity index (χ0v) is 15.0. The van der Waals surface area contributed by atoms with Crippen LogP contribution in [0, 0.1) is 5.41 Å². The van der Waals surface area contributed by atoms with Gasteiger partial charge in [-0.3, -0.25) is 9.48 Å². The maximum atomic E-state index is 13.0. The highest BCUT2D eigenvalue weighted by Gasteiger charge is 2.58. The second kappa shape index (κ2) is 5.82. The zero-order valence-electron chi connectivity index (χ0n) is 14.2. The average Bonchev–Trinajstić information content (AvgIpc) is 3.27. The van der Waals surface area contributed by atoms with Gasteiger partial charge >= 0.3 is 5.97 Å². The summed E-state index contributed by atoms with van der Waals surface area (Å²) >= 11 is 0. The first-order valence-corrected chi connectivity index (χ1v) is 9.80. The van der Waals surface area contributed by atoms with Gasteiger partial charge in [-0.2, -0.15) is 9.40 Å². The number of nitrogens with zero attached hydrogens (tertiary/aromatic N) is 3. The van der Waals surface area contributed by atoms with Crippen LogP contribution in [0.5, 0.6) is 5.75 Å². The Hall–Kier alpha value is -2.39. The highest BCUT2D eigenvalue weighted by Crippen LogP contribution is 2.50. The van der Waals surface area contributed by atoms with E-state index in [1.165, 1.54) is 21.4 Å². The normalized spacial score (nSPS) is 25.3. The summed E-state index contributed by atoms with van der Waals surface area (Å²) in [6.45, 7) is 2.34. The number of aryl methyl sites for hydroxylation is 1. The SMILES string of the molecule is CCn1cc(S(=O)(=O)N2C[C@@H]3c4ccccc4OC[C@]3(C(=O)O)C2)cn1. The minimum absolute atomic E-state index is 0.0513. The second-order valence-electron chi connectivity index (χ2n) is 6.67. The average molecular weight is 377 g/mol. The van der Waals surface area contributed by atoms with Gasteiger partial charge in [0.1, 0.15) is 22.7 Å². The number of hydrogen-bond donors (Lipinski definition) is 1. The maximum Gasteiger partial charge on any atom is 0.315 e. The van der Waals surface area contributed by atoms with Crippen molar-refractivity contribution < 1.29 is 23.1 Å². The van der Waals surface area contributed by atoms with Crippen LogP contribution in [0.25, 0.3) is 0 Å². The van der Waals surface area contributed by atoms with E-state index in [4.69, 9.17) is 4.74 Å². The van der Waals surface area contributed by atoms with E-state index >= 15 is 0 Å². The molecule has 8 nitrogen and oxygen atoms in total. The van der Waals surface area contributed by atoms with Crippen LogP contribution < -0.4 is 4.74 Å². The second-order valence-corrected chi connectivity index (χ2v) is 8.61. The lowest BCUT2D eigenvalue weighted by Crippen LogP contribution is -2.46. The van der Waals surface area contributed by atoms with Crippen LogP contribution in [0.1, 0.15) is 18.4 Å². The molecule has 1 aromatic carbocycles. The molecule has 4 rings (SSSR count). The van der Waals surface area contributed by atoms with Crippen molar-refractivity contribution in [2.24, 2.45) is 5.41 Å². The smallest absolute Gasteiger partial charge is 0.315 e. The van der Waals surface area contributed by atoms with Gasteiger partial charge in [0.15, 0.2) is 0 Å². The molecule has 1 fully saturated rings. The van der Waals surface area contributed by atoms with E-state index in [0.717, 1.165) is 5.56 Å². The Kier molecular flexibility index (Phi) is 3.81. The summed E-state index contributed by atoms with van der Waals surface area (Å²) in [5.74, 6) is -0.882. The lowest BCUT2D eigenvalue weighted by atomic mass is 9.73. The first-order valence-electron chi connectivity index (χ1n) is 8.36. The van der Waals surface area contributed by atoms with Crippen molar-refractivity contribution >= 4 is 16.0 Å². The number of carboxylic acids is 1. The lowest BCUT2D eigenvalue weighted by molar-refractivity contribution is -0.151. The van der Waals surface area contributed by atoms with Crippen LogP contribution in [0.4, 0.5) is 0 Å². The van der Waals surface area contributed by atoms with E-state index in [9.17, 15) is 18.3 Å². The Labute approximate surface area is 151 Å². The third-order valence-electron chi connectivity index (χ3n) is 5.29. The van der Waals surface area contributed by atoms with Crippen LogP contribution >= 0.6 is 0 Å². The summed E-state index contributed by atoms with van der Waals surface area (Å²) in [6, 6.07) is 7.21. The van der Waals surface area contributed by atoms with Crippen LogP contribution in [-0.2, 0) is 21.4 Å². The number of rotatable bonds is 4. The summed E-state index contributed by atoms with van der Waals surface area (Å²) in [5, 5.41) is 13.9. The number of benzene rings is 1. The van der Waals surface area contributed by atoms with Crippen molar-refractivity contribution in [3.8, 4) is 5.75 Å². The molecule has 138 valence electrons. The Balaban J connectivity index is 1.75. The summed E-state index contributed by atoms with van der Waals surface area (Å²) in [6.07, 6.45) is 2.77. The molecule has 2 aliphatic rings. The van der Waals surface area contributed by atoms with Gasteiger partial charge in [-0.15, -0.1) is 0 Å². The third kappa shape index (κ3) is 2.34. The monoisotopic (exact) mass is 377 g/mol. The van der Waals surface area contributed by atoms with Gasteiger partial charge in [-0.1, -0.05) is 18.2 Å². The Morgan fingerprint density at radius 3 is 2.88 bits per heavy atom. The molecule has 1 saturated heterocycles. The first-order chi connectivity index (χ1) is 12.4. The predicted octanol–water partition coefficient (Wildman–Crippen LogP) is 1.15. The van der Waals surface area contributed by atoms with Crippen molar-refractivity contribution in [1.29, 1.82) is 0 Å². The molecule has 26 heavy (non-hydrogen) atoms. The Bertz CT molecular complexity index is 970. The van der Waals surface area contributed by atoms with E-state index < -0.39 is 27.3 Å². The van der Waals surface area contributed by atoms with Gasteiger partial charge in [0.25, 0.3) is 0 Å². The van der Waals surface area contributed by atoms with Gasteiger partial charge in [-0.25, -0.2) is 8.42 Å². The van der Waals surface area contributed by atoms with Crippen molar-refractivity contribution in [1.82, 2.24) is 14.1 Å². The molecular formula is C17H19N3O5S. The molecule has 2 aromatic rings. The fourth-order valence-corrected chi connectivity index (χ4v) is 5.26. The first kappa shape index (κ1) is 17.0. The molecule has 2 aliphatic heterocycles. The van der Waals surface area contributed by atoms with Crippen LogP contribution in [0.15, 0.2) is 41.6 Å². The molecule has 1 N–H and O–H groups in total. The van der Waals surface area contributed by atoms with E-state index in [0.29, 0.717) is 12.3 Å². The van der Waals surface area contributed by atoms with Gasteiger partial charge in [0.2, 0.25) is 10.0 Å². The number of aromatic nitrogens is 2. The highest BCUT2D eigenvalue weighted by atomic mass is 32.2. The molecule has 0 spiro atoms. The fourth-order valence-electron chi connectivity index (χ4n) is 3.78. The fraction of sp³-hybridized carbons (Fsp3) is 0.412. The van der Waals surface area contributed by atoms with Crippen LogP contribution in [0.2, 0.25) is 0 Å². The molecule has 1 aromatic heterocycles. The summed E-state index contributed by atoms with van der Waals surface area (Å²) in [4.78, 5) is 12.2. The number of sulfonamides is 1. The molecule has 0 bridgehead atoms. The number of carboxylic acid groups (broad SMARTS) is 1. The third-order valence-corrected chi connectivity index (χ3v) is 7.05. The molecule has 3 heterocycles. The molecule has 2 atom stereocenters. The minimum Gasteiger partial charge on any atom is -0.492 e. The van der Waals surface area contributed by atoms with Crippen LogP contribution in [-0.4, -0.2) is 53.3 Å². The van der Waals surface area contributed by atoms with E-state index in [-0.39, 0.29) is 24.6 Å². The molecule has 0 radical (unpaired) electrons. The molecule has 0 unspecified atom stereocenters. The van der Waals surface area contributed by atoms with E-state index in [1.807, 2.05) is 25.1 Å². The molecule has 0 saturated carbocycles.